The van der Waals surface area contributed by atoms with Crippen LogP contribution in [0, 0.1) is 6.92 Å². The molecule has 1 amide bonds. The number of halogens is 1. The molecule has 0 fully saturated rings. The molecule has 118 valence electrons. The third-order valence-corrected chi connectivity index (χ3v) is 3.81. The molecule has 0 saturated heterocycles. The summed E-state index contributed by atoms with van der Waals surface area (Å²) in [4.78, 5) is 24.1. The number of nitrogens with one attached hydrogen (secondary N) is 2. The highest BCUT2D eigenvalue weighted by atomic mass is 35.5. The molecular formula is C17H15ClN2O3. The Kier molecular flexibility index (Phi) is 4.21. The molecule has 0 radical (unpaired) electrons. The van der Waals surface area contributed by atoms with E-state index < -0.39 is 12.0 Å². The van der Waals surface area contributed by atoms with Crippen LogP contribution < -0.4 is 15.4 Å². The summed E-state index contributed by atoms with van der Waals surface area (Å²) in [6.45, 7) is 1.91. The third kappa shape index (κ3) is 3.46. The quantitative estimate of drug-likeness (QED) is 0.669. The lowest BCUT2D eigenvalue weighted by Crippen LogP contribution is -2.39. The van der Waals surface area contributed by atoms with Crippen LogP contribution in [-0.4, -0.2) is 17.9 Å². The van der Waals surface area contributed by atoms with E-state index in [1.165, 1.54) is 0 Å². The number of carbonyl (C=O) groups is 2. The van der Waals surface area contributed by atoms with Crippen LogP contribution in [0.1, 0.15) is 12.0 Å². The fourth-order valence-corrected chi connectivity index (χ4v) is 2.63. The maximum absolute atomic E-state index is 12.2. The highest BCUT2D eigenvalue weighted by Gasteiger charge is 2.29. The number of benzene rings is 2. The molecule has 1 aliphatic heterocycles. The molecule has 0 bridgehead atoms. The van der Waals surface area contributed by atoms with Crippen LogP contribution >= 0.6 is 11.6 Å². The minimum Gasteiger partial charge on any atom is -0.423 e. The van der Waals surface area contributed by atoms with Crippen molar-refractivity contribution >= 4 is 34.9 Å². The van der Waals surface area contributed by atoms with Crippen molar-refractivity contribution in [3.63, 3.8) is 0 Å². The Labute approximate surface area is 138 Å². The summed E-state index contributed by atoms with van der Waals surface area (Å²) < 4.78 is 5.23. The van der Waals surface area contributed by atoms with E-state index >= 15 is 0 Å². The van der Waals surface area contributed by atoms with Crippen LogP contribution in [0.5, 0.6) is 5.75 Å². The second-order valence-electron chi connectivity index (χ2n) is 5.35. The first-order valence-electron chi connectivity index (χ1n) is 7.16. The first kappa shape index (κ1) is 15.4. The number of rotatable bonds is 3. The van der Waals surface area contributed by atoms with Gasteiger partial charge in [0.05, 0.1) is 22.8 Å². The van der Waals surface area contributed by atoms with Crippen molar-refractivity contribution in [2.24, 2.45) is 0 Å². The minimum atomic E-state index is -0.728. The number of fused-ring (bicyclic) bond motifs is 1. The molecule has 0 aliphatic carbocycles. The van der Waals surface area contributed by atoms with Crippen LogP contribution in [0.2, 0.25) is 5.02 Å². The Morgan fingerprint density at radius 2 is 2.09 bits per heavy atom. The first-order valence-corrected chi connectivity index (χ1v) is 7.54. The van der Waals surface area contributed by atoms with E-state index in [1.807, 2.05) is 19.1 Å². The number of ether oxygens (including phenoxy) is 1. The zero-order valence-corrected chi connectivity index (χ0v) is 13.2. The molecule has 1 unspecified atom stereocenters. The smallest absolute Gasteiger partial charge is 0.334 e. The standard InChI is InChI=1S/C17H15ClN2O3/c1-10-6-7-12(11(18)8-10)20-16(21)9-14-17(22)23-15-5-3-2-4-13(15)19-14/h2-8,14,19H,9H2,1H3,(H,20,21). The Bertz CT molecular complexity index is 776. The molecule has 0 spiro atoms. The van der Waals surface area contributed by atoms with Gasteiger partial charge < -0.3 is 15.4 Å². The SMILES string of the molecule is Cc1ccc(NC(=O)CC2Nc3ccccc3OC2=O)c(Cl)c1. The molecule has 3 rings (SSSR count). The second kappa shape index (κ2) is 6.30. The summed E-state index contributed by atoms with van der Waals surface area (Å²) in [5, 5.41) is 6.19. The zero-order chi connectivity index (χ0) is 16.4. The maximum Gasteiger partial charge on any atom is 0.334 e. The van der Waals surface area contributed by atoms with Crippen molar-refractivity contribution in [2.45, 2.75) is 19.4 Å². The Hall–Kier alpha value is -2.53. The fraction of sp³-hybridized carbons (Fsp3) is 0.176. The monoisotopic (exact) mass is 330 g/mol. The summed E-state index contributed by atoms with van der Waals surface area (Å²) in [6.07, 6.45) is -0.0443. The van der Waals surface area contributed by atoms with E-state index in [2.05, 4.69) is 10.6 Å². The lowest BCUT2D eigenvalue weighted by molar-refractivity contribution is -0.137. The largest absolute Gasteiger partial charge is 0.423 e. The molecular weight excluding hydrogens is 316 g/mol. The lowest BCUT2D eigenvalue weighted by Gasteiger charge is -2.25. The minimum absolute atomic E-state index is 0.0443. The van der Waals surface area contributed by atoms with Crippen LogP contribution in [0.15, 0.2) is 42.5 Å². The maximum atomic E-state index is 12.2. The first-order chi connectivity index (χ1) is 11.0. The molecule has 5 nitrogen and oxygen atoms in total. The number of anilines is 2. The van der Waals surface area contributed by atoms with Gasteiger partial charge in [-0.1, -0.05) is 29.8 Å². The second-order valence-corrected chi connectivity index (χ2v) is 5.76. The van der Waals surface area contributed by atoms with E-state index in [0.29, 0.717) is 22.1 Å². The predicted octanol–water partition coefficient (Wildman–Crippen LogP) is 3.38. The summed E-state index contributed by atoms with van der Waals surface area (Å²) in [7, 11) is 0. The summed E-state index contributed by atoms with van der Waals surface area (Å²) >= 11 is 6.09. The van der Waals surface area contributed by atoms with Gasteiger partial charge in [0, 0.05) is 0 Å². The Morgan fingerprint density at radius 3 is 2.87 bits per heavy atom. The average molecular weight is 331 g/mol. The highest BCUT2D eigenvalue weighted by Crippen LogP contribution is 2.29. The van der Waals surface area contributed by atoms with Crippen molar-refractivity contribution in [2.75, 3.05) is 10.6 Å². The van der Waals surface area contributed by atoms with E-state index in [9.17, 15) is 9.59 Å². The van der Waals surface area contributed by atoms with E-state index in [-0.39, 0.29) is 12.3 Å². The van der Waals surface area contributed by atoms with Gasteiger partial charge in [-0.3, -0.25) is 4.79 Å². The molecule has 2 aromatic rings. The number of esters is 1. The van der Waals surface area contributed by atoms with Crippen molar-refractivity contribution in [1.29, 1.82) is 0 Å². The van der Waals surface area contributed by atoms with Gasteiger partial charge in [-0.15, -0.1) is 0 Å². The molecule has 0 saturated carbocycles. The van der Waals surface area contributed by atoms with E-state index in [4.69, 9.17) is 16.3 Å². The van der Waals surface area contributed by atoms with Crippen LogP contribution in [0.3, 0.4) is 0 Å². The highest BCUT2D eigenvalue weighted by molar-refractivity contribution is 6.33. The lowest BCUT2D eigenvalue weighted by atomic mass is 10.1. The fourth-order valence-electron chi connectivity index (χ4n) is 2.34. The summed E-state index contributed by atoms with van der Waals surface area (Å²) in [5.41, 5.74) is 2.22. The van der Waals surface area contributed by atoms with E-state index in [0.717, 1.165) is 5.56 Å². The average Bonchev–Trinajstić information content (AvgIpc) is 2.51. The normalized spacial score (nSPS) is 16.1. The molecule has 1 atom stereocenters. The van der Waals surface area contributed by atoms with Crippen LogP contribution in [0.4, 0.5) is 11.4 Å². The summed E-state index contributed by atoms with van der Waals surface area (Å²) in [5.74, 6) is -0.325. The van der Waals surface area contributed by atoms with Gasteiger partial charge in [0.2, 0.25) is 5.91 Å². The number of carbonyl (C=O) groups excluding carboxylic acids is 2. The van der Waals surface area contributed by atoms with Crippen molar-refractivity contribution < 1.29 is 14.3 Å². The third-order valence-electron chi connectivity index (χ3n) is 3.50. The number of hydrogen-bond donors (Lipinski definition) is 2. The Balaban J connectivity index is 1.67. The van der Waals surface area contributed by atoms with Gasteiger partial charge in [0.1, 0.15) is 6.04 Å². The van der Waals surface area contributed by atoms with E-state index in [1.54, 1.807) is 30.3 Å². The Morgan fingerprint density at radius 1 is 1.30 bits per heavy atom. The molecule has 0 aromatic heterocycles. The molecule has 2 aromatic carbocycles. The van der Waals surface area contributed by atoms with Crippen LogP contribution in [-0.2, 0) is 9.59 Å². The van der Waals surface area contributed by atoms with Gasteiger partial charge in [0.25, 0.3) is 0 Å². The van der Waals surface area contributed by atoms with Crippen molar-refractivity contribution in [3.05, 3.63) is 53.1 Å². The van der Waals surface area contributed by atoms with Gasteiger partial charge in [-0.2, -0.15) is 0 Å². The topological polar surface area (TPSA) is 67.4 Å². The van der Waals surface area contributed by atoms with Gasteiger partial charge in [-0.05, 0) is 36.8 Å². The molecule has 2 N–H and O–H groups in total. The number of hydrogen-bond acceptors (Lipinski definition) is 4. The number of para-hydroxylation sites is 2. The van der Waals surface area contributed by atoms with Gasteiger partial charge in [0.15, 0.2) is 5.75 Å². The number of aryl methyl sites for hydroxylation is 1. The van der Waals surface area contributed by atoms with Crippen molar-refractivity contribution in [1.82, 2.24) is 0 Å². The number of amides is 1. The van der Waals surface area contributed by atoms with Gasteiger partial charge >= 0.3 is 5.97 Å². The molecule has 23 heavy (non-hydrogen) atoms. The van der Waals surface area contributed by atoms with Gasteiger partial charge in [-0.25, -0.2) is 4.79 Å². The molecule has 1 aliphatic rings. The van der Waals surface area contributed by atoms with Crippen LogP contribution in [0.25, 0.3) is 0 Å². The van der Waals surface area contributed by atoms with Crippen molar-refractivity contribution in [3.8, 4) is 5.75 Å². The summed E-state index contributed by atoms with van der Waals surface area (Å²) in [6, 6.07) is 11.7. The predicted molar refractivity (Wildman–Crippen MR) is 88.9 cm³/mol. The molecule has 1 heterocycles. The molecule has 6 heteroatoms. The zero-order valence-electron chi connectivity index (χ0n) is 12.4.